The van der Waals surface area contributed by atoms with Gasteiger partial charge in [0.15, 0.2) is 0 Å². The summed E-state index contributed by atoms with van der Waals surface area (Å²) >= 11 is 0. The Balaban J connectivity index is 4.10. The van der Waals surface area contributed by atoms with Crippen molar-refractivity contribution in [3.05, 3.63) is 0 Å². The molecule has 0 aliphatic heterocycles. The highest BCUT2D eigenvalue weighted by atomic mass is 16.5. The third-order valence-electron chi connectivity index (χ3n) is 2.90. The zero-order valence-corrected chi connectivity index (χ0v) is 12.1. The molecular formula is C13H28N2O3. The second kappa shape index (κ2) is 9.30. The maximum atomic E-state index is 11.5. The summed E-state index contributed by atoms with van der Waals surface area (Å²) in [5.74, 6) is -0.330. The quantitative estimate of drug-likeness (QED) is 0.545. The Bertz CT molecular complexity index is 236. The van der Waals surface area contributed by atoms with Crippen LogP contribution in [0.1, 0.15) is 40.0 Å². The number of methoxy groups -OCH3 is 1. The van der Waals surface area contributed by atoms with Crippen LogP contribution in [0.3, 0.4) is 0 Å². The molecule has 0 radical (unpaired) electrons. The minimum absolute atomic E-state index is 0.0105. The highest BCUT2D eigenvalue weighted by Crippen LogP contribution is 2.14. The zero-order chi connectivity index (χ0) is 14.0. The lowest BCUT2D eigenvalue weighted by Crippen LogP contribution is -2.55. The van der Waals surface area contributed by atoms with E-state index in [0.29, 0.717) is 19.6 Å². The molecule has 0 aliphatic rings. The SMILES string of the molecule is CCCNC(C)(CC(C)OCCCOC)C(N)=O. The van der Waals surface area contributed by atoms with Gasteiger partial charge >= 0.3 is 0 Å². The third-order valence-corrected chi connectivity index (χ3v) is 2.90. The number of amides is 1. The molecule has 1 amide bonds. The molecule has 2 unspecified atom stereocenters. The number of ether oxygens (including phenoxy) is 2. The molecule has 0 heterocycles. The van der Waals surface area contributed by atoms with E-state index in [4.69, 9.17) is 15.2 Å². The first-order valence-electron chi connectivity index (χ1n) is 6.61. The summed E-state index contributed by atoms with van der Waals surface area (Å²) in [5, 5.41) is 3.20. The first kappa shape index (κ1) is 17.4. The van der Waals surface area contributed by atoms with E-state index in [9.17, 15) is 4.79 Å². The van der Waals surface area contributed by atoms with E-state index in [-0.39, 0.29) is 12.0 Å². The maximum Gasteiger partial charge on any atom is 0.237 e. The number of rotatable bonds is 11. The molecule has 2 atom stereocenters. The van der Waals surface area contributed by atoms with Crippen molar-refractivity contribution in [2.45, 2.75) is 51.7 Å². The molecule has 0 aromatic heterocycles. The van der Waals surface area contributed by atoms with Crippen LogP contribution in [0.25, 0.3) is 0 Å². The first-order valence-corrected chi connectivity index (χ1v) is 6.61. The second-order valence-electron chi connectivity index (χ2n) is 4.86. The largest absolute Gasteiger partial charge is 0.385 e. The fourth-order valence-electron chi connectivity index (χ4n) is 1.78. The van der Waals surface area contributed by atoms with Gasteiger partial charge in [0, 0.05) is 26.7 Å². The van der Waals surface area contributed by atoms with Gasteiger partial charge < -0.3 is 20.5 Å². The Hall–Kier alpha value is -0.650. The molecule has 0 fully saturated rings. The lowest BCUT2D eigenvalue weighted by molar-refractivity contribution is -0.125. The van der Waals surface area contributed by atoms with Gasteiger partial charge in [0.1, 0.15) is 0 Å². The summed E-state index contributed by atoms with van der Waals surface area (Å²) in [4.78, 5) is 11.5. The molecule has 5 nitrogen and oxygen atoms in total. The fourth-order valence-corrected chi connectivity index (χ4v) is 1.78. The summed E-state index contributed by atoms with van der Waals surface area (Å²) in [5.41, 5.74) is 4.76. The van der Waals surface area contributed by atoms with Crippen molar-refractivity contribution < 1.29 is 14.3 Å². The molecule has 0 saturated heterocycles. The van der Waals surface area contributed by atoms with E-state index >= 15 is 0 Å². The zero-order valence-electron chi connectivity index (χ0n) is 12.1. The van der Waals surface area contributed by atoms with Crippen LogP contribution in [0.4, 0.5) is 0 Å². The highest BCUT2D eigenvalue weighted by Gasteiger charge is 2.32. The van der Waals surface area contributed by atoms with Gasteiger partial charge in [0.2, 0.25) is 5.91 Å². The number of hydrogen-bond donors (Lipinski definition) is 2. The number of nitrogens with one attached hydrogen (secondary N) is 1. The number of carbonyl (C=O) groups is 1. The van der Waals surface area contributed by atoms with Crippen LogP contribution in [0.5, 0.6) is 0 Å². The van der Waals surface area contributed by atoms with Crippen LogP contribution in [0.2, 0.25) is 0 Å². The summed E-state index contributed by atoms with van der Waals surface area (Å²) in [6.07, 6.45) is 2.39. The van der Waals surface area contributed by atoms with Crippen molar-refractivity contribution in [2.75, 3.05) is 26.9 Å². The molecule has 0 saturated carbocycles. The van der Waals surface area contributed by atoms with E-state index in [1.165, 1.54) is 0 Å². The van der Waals surface area contributed by atoms with Crippen molar-refractivity contribution in [1.29, 1.82) is 0 Å². The lowest BCUT2D eigenvalue weighted by Gasteiger charge is -2.30. The Morgan fingerprint density at radius 2 is 2.11 bits per heavy atom. The number of hydrogen-bond acceptors (Lipinski definition) is 4. The van der Waals surface area contributed by atoms with Gasteiger partial charge in [-0.3, -0.25) is 4.79 Å². The van der Waals surface area contributed by atoms with Crippen LogP contribution in [-0.4, -0.2) is 44.4 Å². The molecule has 3 N–H and O–H groups in total. The second-order valence-corrected chi connectivity index (χ2v) is 4.86. The van der Waals surface area contributed by atoms with Crippen molar-refractivity contribution in [2.24, 2.45) is 5.73 Å². The normalized spacial score (nSPS) is 16.2. The van der Waals surface area contributed by atoms with Gasteiger partial charge in [-0.05, 0) is 33.2 Å². The van der Waals surface area contributed by atoms with E-state index in [1.54, 1.807) is 7.11 Å². The number of primary amides is 1. The summed E-state index contributed by atoms with van der Waals surface area (Å²) in [6, 6.07) is 0. The van der Waals surface area contributed by atoms with E-state index in [2.05, 4.69) is 12.2 Å². The molecular weight excluding hydrogens is 232 g/mol. The summed E-state index contributed by atoms with van der Waals surface area (Å²) in [7, 11) is 1.67. The summed E-state index contributed by atoms with van der Waals surface area (Å²) < 4.78 is 10.6. The van der Waals surface area contributed by atoms with Crippen molar-refractivity contribution >= 4 is 5.91 Å². The van der Waals surface area contributed by atoms with Crippen molar-refractivity contribution in [3.8, 4) is 0 Å². The van der Waals surface area contributed by atoms with Crippen LogP contribution in [0, 0.1) is 0 Å². The monoisotopic (exact) mass is 260 g/mol. The van der Waals surface area contributed by atoms with Gasteiger partial charge in [-0.15, -0.1) is 0 Å². The van der Waals surface area contributed by atoms with Crippen molar-refractivity contribution in [3.63, 3.8) is 0 Å². The predicted molar refractivity (Wildman–Crippen MR) is 72.4 cm³/mol. The van der Waals surface area contributed by atoms with Gasteiger partial charge in [-0.25, -0.2) is 0 Å². The maximum absolute atomic E-state index is 11.5. The van der Waals surface area contributed by atoms with Crippen molar-refractivity contribution in [1.82, 2.24) is 5.32 Å². The molecule has 0 aromatic carbocycles. The first-order chi connectivity index (χ1) is 8.46. The molecule has 0 aliphatic carbocycles. The highest BCUT2D eigenvalue weighted by molar-refractivity contribution is 5.84. The standard InChI is InChI=1S/C13H28N2O3/c1-5-7-15-13(3,12(14)16)10-11(2)18-9-6-8-17-4/h11,15H,5-10H2,1-4H3,(H2,14,16). The van der Waals surface area contributed by atoms with Crippen LogP contribution < -0.4 is 11.1 Å². The third kappa shape index (κ3) is 6.93. The van der Waals surface area contributed by atoms with Crippen LogP contribution in [0.15, 0.2) is 0 Å². The molecule has 5 heteroatoms. The minimum atomic E-state index is -0.698. The Morgan fingerprint density at radius 1 is 1.44 bits per heavy atom. The molecule has 108 valence electrons. The molecule has 0 aromatic rings. The average molecular weight is 260 g/mol. The number of carbonyl (C=O) groups excluding carboxylic acids is 1. The van der Waals surface area contributed by atoms with Gasteiger partial charge in [0.25, 0.3) is 0 Å². The molecule has 0 spiro atoms. The Morgan fingerprint density at radius 3 is 2.61 bits per heavy atom. The fraction of sp³-hybridized carbons (Fsp3) is 0.923. The van der Waals surface area contributed by atoms with Gasteiger partial charge in [-0.1, -0.05) is 6.92 Å². The lowest BCUT2D eigenvalue weighted by atomic mass is 9.93. The van der Waals surface area contributed by atoms with E-state index in [0.717, 1.165) is 19.4 Å². The molecule has 18 heavy (non-hydrogen) atoms. The van der Waals surface area contributed by atoms with E-state index in [1.807, 2.05) is 13.8 Å². The molecule has 0 rings (SSSR count). The summed E-state index contributed by atoms with van der Waals surface area (Å²) in [6.45, 7) is 7.95. The van der Waals surface area contributed by atoms with Gasteiger partial charge in [0.05, 0.1) is 11.6 Å². The predicted octanol–water partition coefficient (Wildman–Crippen LogP) is 1.06. The van der Waals surface area contributed by atoms with Crippen LogP contribution >= 0.6 is 0 Å². The topological polar surface area (TPSA) is 73.6 Å². The molecule has 0 bridgehead atoms. The Labute approximate surface area is 110 Å². The van der Waals surface area contributed by atoms with Gasteiger partial charge in [-0.2, -0.15) is 0 Å². The smallest absolute Gasteiger partial charge is 0.237 e. The minimum Gasteiger partial charge on any atom is -0.385 e. The average Bonchev–Trinajstić information content (AvgIpc) is 2.32. The van der Waals surface area contributed by atoms with E-state index < -0.39 is 5.54 Å². The Kier molecular flexibility index (Phi) is 8.97. The van der Waals surface area contributed by atoms with Crippen LogP contribution in [-0.2, 0) is 14.3 Å². The number of nitrogens with two attached hydrogens (primary N) is 1.